The molecule has 0 fully saturated rings. The SMILES string of the molecule is O=C(O)c1cc(Cc2ccccn2)no1. The minimum atomic E-state index is -1.12. The molecule has 2 aromatic rings. The Balaban J connectivity index is 2.15. The normalized spacial score (nSPS) is 10.1. The molecule has 0 aliphatic rings. The van der Waals surface area contributed by atoms with Crippen LogP contribution in [0.5, 0.6) is 0 Å². The fraction of sp³-hybridized carbons (Fsp3) is 0.100. The summed E-state index contributed by atoms with van der Waals surface area (Å²) in [5.41, 5.74) is 1.38. The monoisotopic (exact) mass is 204 g/mol. The van der Waals surface area contributed by atoms with Crippen LogP contribution in [0.1, 0.15) is 21.9 Å². The molecule has 2 rings (SSSR count). The van der Waals surface area contributed by atoms with Crippen molar-refractivity contribution in [2.75, 3.05) is 0 Å². The van der Waals surface area contributed by atoms with E-state index in [0.29, 0.717) is 12.1 Å². The number of carbonyl (C=O) groups is 1. The van der Waals surface area contributed by atoms with Gasteiger partial charge in [0.1, 0.15) is 0 Å². The van der Waals surface area contributed by atoms with Gasteiger partial charge in [-0.1, -0.05) is 11.2 Å². The first-order chi connectivity index (χ1) is 7.25. The highest BCUT2D eigenvalue weighted by Crippen LogP contribution is 2.08. The maximum absolute atomic E-state index is 10.5. The predicted molar refractivity (Wildman–Crippen MR) is 50.5 cm³/mol. The van der Waals surface area contributed by atoms with Crippen molar-refractivity contribution >= 4 is 5.97 Å². The highest BCUT2D eigenvalue weighted by molar-refractivity contribution is 5.84. The average molecular weight is 204 g/mol. The number of carboxylic acid groups (broad SMARTS) is 1. The van der Waals surface area contributed by atoms with Crippen molar-refractivity contribution in [3.8, 4) is 0 Å². The molecular formula is C10H8N2O3. The van der Waals surface area contributed by atoms with Gasteiger partial charge in [-0.15, -0.1) is 0 Å². The molecule has 0 aromatic carbocycles. The Morgan fingerprint density at radius 3 is 2.87 bits per heavy atom. The molecule has 76 valence electrons. The molecule has 0 radical (unpaired) electrons. The Morgan fingerprint density at radius 1 is 1.40 bits per heavy atom. The summed E-state index contributed by atoms with van der Waals surface area (Å²) in [4.78, 5) is 14.6. The lowest BCUT2D eigenvalue weighted by Crippen LogP contribution is -1.93. The van der Waals surface area contributed by atoms with E-state index >= 15 is 0 Å². The van der Waals surface area contributed by atoms with Gasteiger partial charge in [-0.3, -0.25) is 4.98 Å². The van der Waals surface area contributed by atoms with E-state index in [1.54, 1.807) is 6.20 Å². The van der Waals surface area contributed by atoms with Crippen LogP contribution in [0.2, 0.25) is 0 Å². The van der Waals surface area contributed by atoms with Gasteiger partial charge in [-0.25, -0.2) is 4.79 Å². The minimum absolute atomic E-state index is 0.152. The summed E-state index contributed by atoms with van der Waals surface area (Å²) in [5, 5.41) is 12.3. The molecule has 0 amide bonds. The van der Waals surface area contributed by atoms with Crippen molar-refractivity contribution in [2.24, 2.45) is 0 Å². The third-order valence-electron chi connectivity index (χ3n) is 1.86. The first kappa shape index (κ1) is 9.39. The molecule has 5 nitrogen and oxygen atoms in total. The summed E-state index contributed by atoms with van der Waals surface area (Å²) < 4.78 is 4.62. The topological polar surface area (TPSA) is 76.2 Å². The number of rotatable bonds is 3. The van der Waals surface area contributed by atoms with Crippen LogP contribution in [0.15, 0.2) is 35.0 Å². The highest BCUT2D eigenvalue weighted by atomic mass is 16.5. The van der Waals surface area contributed by atoms with Gasteiger partial charge in [-0.2, -0.15) is 0 Å². The largest absolute Gasteiger partial charge is 0.475 e. The fourth-order valence-corrected chi connectivity index (χ4v) is 1.18. The zero-order chi connectivity index (χ0) is 10.7. The lowest BCUT2D eigenvalue weighted by Gasteiger charge is -1.93. The number of carboxylic acids is 1. The van der Waals surface area contributed by atoms with Crippen molar-refractivity contribution in [1.82, 2.24) is 10.1 Å². The molecule has 0 aliphatic heterocycles. The molecule has 2 aromatic heterocycles. The number of nitrogens with zero attached hydrogens (tertiary/aromatic N) is 2. The van der Waals surface area contributed by atoms with E-state index in [4.69, 9.17) is 5.11 Å². The number of pyridine rings is 1. The number of hydrogen-bond donors (Lipinski definition) is 1. The summed E-state index contributed by atoms with van der Waals surface area (Å²) >= 11 is 0. The van der Waals surface area contributed by atoms with Gasteiger partial charge in [0.25, 0.3) is 0 Å². The van der Waals surface area contributed by atoms with Gasteiger partial charge in [0.15, 0.2) is 0 Å². The van der Waals surface area contributed by atoms with Crippen LogP contribution in [0, 0.1) is 0 Å². The van der Waals surface area contributed by atoms with E-state index in [1.807, 2.05) is 18.2 Å². The van der Waals surface area contributed by atoms with Crippen LogP contribution in [0.25, 0.3) is 0 Å². The standard InChI is InChI=1S/C10H8N2O3/c13-10(14)9-6-8(12-15-9)5-7-3-1-2-4-11-7/h1-4,6H,5H2,(H,13,14). The summed E-state index contributed by atoms with van der Waals surface area (Å²) in [7, 11) is 0. The zero-order valence-electron chi connectivity index (χ0n) is 7.75. The third kappa shape index (κ3) is 2.19. The summed E-state index contributed by atoms with van der Waals surface area (Å²) in [5.74, 6) is -1.27. The van der Waals surface area contributed by atoms with Crippen LogP contribution in [-0.4, -0.2) is 21.2 Å². The van der Waals surface area contributed by atoms with E-state index in [9.17, 15) is 4.79 Å². The molecule has 0 saturated heterocycles. The van der Waals surface area contributed by atoms with Gasteiger partial charge in [0.2, 0.25) is 5.76 Å². The fourth-order valence-electron chi connectivity index (χ4n) is 1.18. The van der Waals surface area contributed by atoms with Crippen molar-refractivity contribution in [3.05, 3.63) is 47.6 Å². The van der Waals surface area contributed by atoms with Crippen LogP contribution in [0.3, 0.4) is 0 Å². The smallest absolute Gasteiger partial charge is 0.374 e. The maximum Gasteiger partial charge on any atom is 0.374 e. The third-order valence-corrected chi connectivity index (χ3v) is 1.86. The minimum Gasteiger partial charge on any atom is -0.475 e. The zero-order valence-corrected chi connectivity index (χ0v) is 7.75. The van der Waals surface area contributed by atoms with Gasteiger partial charge in [-0.05, 0) is 12.1 Å². The van der Waals surface area contributed by atoms with Crippen molar-refractivity contribution in [1.29, 1.82) is 0 Å². The van der Waals surface area contributed by atoms with Crippen LogP contribution >= 0.6 is 0 Å². The Morgan fingerprint density at radius 2 is 2.27 bits per heavy atom. The molecule has 0 atom stereocenters. The Hall–Kier alpha value is -2.17. The van der Waals surface area contributed by atoms with Crippen LogP contribution in [0.4, 0.5) is 0 Å². The highest BCUT2D eigenvalue weighted by Gasteiger charge is 2.11. The maximum atomic E-state index is 10.5. The van der Waals surface area contributed by atoms with Crippen LogP contribution in [-0.2, 0) is 6.42 Å². The lowest BCUT2D eigenvalue weighted by molar-refractivity contribution is 0.0652. The first-order valence-corrected chi connectivity index (χ1v) is 4.34. The Kier molecular flexibility index (Phi) is 2.45. The predicted octanol–water partition coefficient (Wildman–Crippen LogP) is 1.36. The number of aromatic nitrogens is 2. The van der Waals surface area contributed by atoms with Gasteiger partial charge < -0.3 is 9.63 Å². The summed E-state index contributed by atoms with van der Waals surface area (Å²) in [6, 6.07) is 6.92. The molecule has 5 heteroatoms. The quantitative estimate of drug-likeness (QED) is 0.816. The van der Waals surface area contributed by atoms with Crippen molar-refractivity contribution < 1.29 is 14.4 Å². The molecule has 0 unspecified atom stereocenters. The molecule has 0 bridgehead atoms. The number of hydrogen-bond acceptors (Lipinski definition) is 4. The van der Waals surface area contributed by atoms with E-state index in [2.05, 4.69) is 14.7 Å². The van der Waals surface area contributed by atoms with Crippen molar-refractivity contribution in [3.63, 3.8) is 0 Å². The molecule has 1 N–H and O–H groups in total. The Bertz CT molecular complexity index is 465. The van der Waals surface area contributed by atoms with Gasteiger partial charge >= 0.3 is 5.97 Å². The first-order valence-electron chi connectivity index (χ1n) is 4.34. The van der Waals surface area contributed by atoms with Crippen LogP contribution < -0.4 is 0 Å². The van der Waals surface area contributed by atoms with Gasteiger partial charge in [0.05, 0.1) is 5.69 Å². The average Bonchev–Trinajstić information content (AvgIpc) is 2.68. The second-order valence-corrected chi connectivity index (χ2v) is 2.99. The molecule has 0 saturated carbocycles. The molecular weight excluding hydrogens is 196 g/mol. The molecule has 0 aliphatic carbocycles. The second-order valence-electron chi connectivity index (χ2n) is 2.99. The lowest BCUT2D eigenvalue weighted by atomic mass is 10.2. The molecule has 0 spiro atoms. The second kappa shape index (κ2) is 3.91. The summed E-state index contributed by atoms with van der Waals surface area (Å²) in [6.07, 6.45) is 2.14. The van der Waals surface area contributed by atoms with E-state index in [-0.39, 0.29) is 5.76 Å². The Labute approximate surface area is 85.4 Å². The van der Waals surface area contributed by atoms with Gasteiger partial charge in [0, 0.05) is 24.4 Å². The molecule has 2 heterocycles. The van der Waals surface area contributed by atoms with E-state index in [1.165, 1.54) is 6.07 Å². The molecule has 15 heavy (non-hydrogen) atoms. The van der Waals surface area contributed by atoms with E-state index < -0.39 is 5.97 Å². The van der Waals surface area contributed by atoms with E-state index in [0.717, 1.165) is 5.69 Å². The van der Waals surface area contributed by atoms with Crippen molar-refractivity contribution in [2.45, 2.75) is 6.42 Å². The number of aromatic carboxylic acids is 1. The summed E-state index contributed by atoms with van der Waals surface area (Å²) in [6.45, 7) is 0.